The molecule has 8 heteroatoms. The number of carbonyl (C=O) groups excluding carboxylic acids is 2. The second-order valence-corrected chi connectivity index (χ2v) is 4.86. The maximum Gasteiger partial charge on any atom is 0.327 e. The van der Waals surface area contributed by atoms with Gasteiger partial charge in [0.05, 0.1) is 4.90 Å². The van der Waals surface area contributed by atoms with Gasteiger partial charge in [-0.3, -0.25) is 10.2 Å². The molecule has 17 heavy (non-hydrogen) atoms. The van der Waals surface area contributed by atoms with E-state index in [1.54, 1.807) is 10.3 Å². The van der Waals surface area contributed by atoms with Crippen LogP contribution in [0.25, 0.3) is 0 Å². The van der Waals surface area contributed by atoms with Gasteiger partial charge in [0.1, 0.15) is 0 Å². The van der Waals surface area contributed by atoms with E-state index in [1.165, 1.54) is 31.2 Å². The van der Waals surface area contributed by atoms with Crippen molar-refractivity contribution in [3.05, 3.63) is 29.8 Å². The lowest BCUT2D eigenvalue weighted by molar-refractivity contribution is 0.101. The molecule has 1 aromatic carbocycles. The second-order valence-electron chi connectivity index (χ2n) is 3.18. The highest BCUT2D eigenvalue weighted by Gasteiger charge is 2.14. The number of urea groups is 1. The van der Waals surface area contributed by atoms with Crippen LogP contribution in [0.15, 0.2) is 29.2 Å². The first-order valence-corrected chi connectivity index (χ1v) is 5.99. The lowest BCUT2D eigenvalue weighted by Crippen LogP contribution is -2.44. The van der Waals surface area contributed by atoms with Gasteiger partial charge in [0.25, 0.3) is 10.0 Å². The van der Waals surface area contributed by atoms with Gasteiger partial charge in [-0.25, -0.2) is 13.2 Å². The smallest absolute Gasteiger partial charge is 0.327 e. The summed E-state index contributed by atoms with van der Waals surface area (Å²) in [6.45, 7) is 1.37. The van der Waals surface area contributed by atoms with Crippen LogP contribution in [-0.2, 0) is 10.0 Å². The quantitative estimate of drug-likeness (QED) is 0.509. The lowest BCUT2D eigenvalue weighted by atomic mass is 10.2. The Morgan fingerprint density at radius 3 is 2.12 bits per heavy atom. The number of primary amides is 1. The van der Waals surface area contributed by atoms with Crippen molar-refractivity contribution < 1.29 is 18.0 Å². The second kappa shape index (κ2) is 4.93. The normalized spacial score (nSPS) is 10.9. The van der Waals surface area contributed by atoms with Crippen molar-refractivity contribution >= 4 is 21.8 Å². The van der Waals surface area contributed by atoms with Gasteiger partial charge in [-0.05, 0) is 19.1 Å². The summed E-state index contributed by atoms with van der Waals surface area (Å²) in [5.74, 6) is -0.169. The van der Waals surface area contributed by atoms with Gasteiger partial charge in [0.15, 0.2) is 5.78 Å². The van der Waals surface area contributed by atoms with Crippen molar-refractivity contribution in [1.82, 2.24) is 10.3 Å². The third-order valence-electron chi connectivity index (χ3n) is 1.88. The summed E-state index contributed by atoms with van der Waals surface area (Å²) in [5, 5.41) is 0. The fourth-order valence-corrected chi connectivity index (χ4v) is 1.89. The summed E-state index contributed by atoms with van der Waals surface area (Å²) < 4.78 is 23.1. The molecule has 2 amide bonds. The minimum atomic E-state index is -3.87. The summed E-state index contributed by atoms with van der Waals surface area (Å²) in [7, 11) is -3.87. The van der Waals surface area contributed by atoms with Crippen molar-refractivity contribution in [2.75, 3.05) is 0 Å². The summed E-state index contributed by atoms with van der Waals surface area (Å²) in [6.07, 6.45) is 0. The largest absolute Gasteiger partial charge is 0.351 e. The number of rotatable bonds is 4. The van der Waals surface area contributed by atoms with Crippen LogP contribution in [0.3, 0.4) is 0 Å². The third-order valence-corrected chi connectivity index (χ3v) is 3.14. The van der Waals surface area contributed by atoms with Gasteiger partial charge in [-0.2, -0.15) is 0 Å². The number of hydrazine groups is 1. The maximum absolute atomic E-state index is 11.6. The lowest BCUT2D eigenvalue weighted by Gasteiger charge is -2.06. The zero-order valence-electron chi connectivity index (χ0n) is 8.93. The fourth-order valence-electron chi connectivity index (χ4n) is 1.05. The van der Waals surface area contributed by atoms with Crippen molar-refractivity contribution in [1.29, 1.82) is 0 Å². The molecule has 7 nitrogen and oxygen atoms in total. The molecule has 0 aromatic heterocycles. The highest BCUT2D eigenvalue weighted by Crippen LogP contribution is 2.10. The van der Waals surface area contributed by atoms with E-state index in [4.69, 9.17) is 5.73 Å². The number of amides is 2. The number of carbonyl (C=O) groups is 2. The maximum atomic E-state index is 11.6. The Labute approximate surface area is 98.0 Å². The first-order valence-electron chi connectivity index (χ1n) is 4.51. The number of nitrogens with two attached hydrogens (primary N) is 1. The molecule has 0 spiro atoms. The molecule has 4 N–H and O–H groups in total. The monoisotopic (exact) mass is 257 g/mol. The number of benzene rings is 1. The predicted octanol–water partition coefficient (Wildman–Crippen LogP) is -0.249. The van der Waals surface area contributed by atoms with Crippen LogP contribution in [0, 0.1) is 0 Å². The first kappa shape index (κ1) is 13.1. The molecule has 0 unspecified atom stereocenters. The SMILES string of the molecule is CC(=O)c1ccc(S(=O)(=O)NNC(N)=O)cc1. The zero-order chi connectivity index (χ0) is 13.1. The van der Waals surface area contributed by atoms with E-state index in [-0.39, 0.29) is 10.7 Å². The Balaban J connectivity index is 2.92. The van der Waals surface area contributed by atoms with Crippen LogP contribution >= 0.6 is 0 Å². The molecule has 0 saturated carbocycles. The Morgan fingerprint density at radius 2 is 1.71 bits per heavy atom. The molecule has 0 heterocycles. The van der Waals surface area contributed by atoms with Crippen molar-refractivity contribution in [3.63, 3.8) is 0 Å². The van der Waals surface area contributed by atoms with Gasteiger partial charge < -0.3 is 5.73 Å². The summed E-state index contributed by atoms with van der Waals surface area (Å²) in [4.78, 5) is 23.0. The fraction of sp³-hybridized carbons (Fsp3) is 0.111. The molecule has 1 aromatic rings. The molecule has 0 radical (unpaired) electrons. The van der Waals surface area contributed by atoms with Gasteiger partial charge in [-0.1, -0.05) is 12.1 Å². The number of sulfonamides is 1. The number of hydrogen-bond donors (Lipinski definition) is 3. The van der Waals surface area contributed by atoms with Crippen molar-refractivity contribution in [2.45, 2.75) is 11.8 Å². The predicted molar refractivity (Wildman–Crippen MR) is 59.5 cm³/mol. The van der Waals surface area contributed by atoms with Crippen LogP contribution < -0.4 is 16.0 Å². The zero-order valence-corrected chi connectivity index (χ0v) is 9.74. The van der Waals surface area contributed by atoms with Crippen molar-refractivity contribution in [3.8, 4) is 0 Å². The van der Waals surface area contributed by atoms with Crippen LogP contribution in [0.2, 0.25) is 0 Å². The molecule has 92 valence electrons. The van der Waals surface area contributed by atoms with E-state index in [1.807, 2.05) is 0 Å². The minimum Gasteiger partial charge on any atom is -0.351 e. The average molecular weight is 257 g/mol. The van der Waals surface area contributed by atoms with Gasteiger partial charge in [-0.15, -0.1) is 4.83 Å². The topological polar surface area (TPSA) is 118 Å². The molecule has 0 fully saturated rings. The van der Waals surface area contributed by atoms with E-state index in [9.17, 15) is 18.0 Å². The Hall–Kier alpha value is -1.93. The Bertz CT molecular complexity index is 536. The highest BCUT2D eigenvalue weighted by atomic mass is 32.2. The highest BCUT2D eigenvalue weighted by molar-refractivity contribution is 7.89. The molecule has 0 aliphatic rings. The van der Waals surface area contributed by atoms with Gasteiger partial charge in [0.2, 0.25) is 0 Å². The van der Waals surface area contributed by atoms with Crippen LogP contribution in [0.4, 0.5) is 4.79 Å². The Kier molecular flexibility index (Phi) is 3.81. The molecule has 0 atom stereocenters. The van der Waals surface area contributed by atoms with E-state index >= 15 is 0 Å². The standard InChI is InChI=1S/C9H11N3O4S/c1-6(13)7-2-4-8(5-3-7)17(15,16)12-11-9(10)14/h2-5,12H,1H3,(H3,10,11,14). The summed E-state index contributed by atoms with van der Waals surface area (Å²) in [5.41, 5.74) is 6.87. The molecule has 0 saturated heterocycles. The first-order chi connectivity index (χ1) is 7.83. The number of ketones is 1. The van der Waals surface area contributed by atoms with E-state index in [0.29, 0.717) is 5.56 Å². The minimum absolute atomic E-state index is 0.0868. The molecular formula is C9H11N3O4S. The van der Waals surface area contributed by atoms with Crippen LogP contribution in [0.1, 0.15) is 17.3 Å². The van der Waals surface area contributed by atoms with Crippen LogP contribution in [0.5, 0.6) is 0 Å². The van der Waals surface area contributed by atoms with Gasteiger partial charge >= 0.3 is 6.03 Å². The summed E-state index contributed by atoms with van der Waals surface area (Å²) in [6, 6.07) is 4.24. The van der Waals surface area contributed by atoms with Crippen LogP contribution in [-0.4, -0.2) is 20.2 Å². The van der Waals surface area contributed by atoms with E-state index in [0.717, 1.165) is 0 Å². The summed E-state index contributed by atoms with van der Waals surface area (Å²) >= 11 is 0. The third kappa shape index (κ3) is 3.54. The number of hydrogen-bond acceptors (Lipinski definition) is 4. The molecule has 1 rings (SSSR count). The molecule has 0 bridgehead atoms. The van der Waals surface area contributed by atoms with E-state index < -0.39 is 16.1 Å². The van der Waals surface area contributed by atoms with E-state index in [2.05, 4.69) is 0 Å². The van der Waals surface area contributed by atoms with Gasteiger partial charge in [0, 0.05) is 5.56 Å². The molecular weight excluding hydrogens is 246 g/mol. The Morgan fingerprint density at radius 1 is 1.18 bits per heavy atom. The number of Topliss-reactive ketones (excluding diaryl/α,β-unsaturated/α-hetero) is 1. The number of nitrogens with one attached hydrogen (secondary N) is 2. The van der Waals surface area contributed by atoms with Crippen molar-refractivity contribution in [2.24, 2.45) is 5.73 Å². The molecule has 0 aliphatic carbocycles. The molecule has 0 aliphatic heterocycles. The average Bonchev–Trinajstić information content (AvgIpc) is 2.27.